The molecule has 0 radical (unpaired) electrons. The predicted octanol–water partition coefficient (Wildman–Crippen LogP) is 1.07. The van der Waals surface area contributed by atoms with Crippen LogP contribution in [0.2, 0.25) is 0 Å². The molecule has 0 saturated heterocycles. The molecule has 2 aromatic rings. The molecule has 0 aliphatic rings. The lowest BCUT2D eigenvalue weighted by Gasteiger charge is -2.11. The third-order valence-corrected chi connectivity index (χ3v) is 2.46. The van der Waals surface area contributed by atoms with E-state index in [0.29, 0.717) is 11.4 Å². The zero-order valence-electron chi connectivity index (χ0n) is 10.2. The summed E-state index contributed by atoms with van der Waals surface area (Å²) >= 11 is 0. The summed E-state index contributed by atoms with van der Waals surface area (Å²) in [4.78, 5) is 26.8. The Kier molecular flexibility index (Phi) is 3.46. The van der Waals surface area contributed by atoms with Crippen LogP contribution in [0.1, 0.15) is 10.4 Å². The number of benzene rings is 1. The minimum Gasteiger partial charge on any atom is -0.495 e. The zero-order chi connectivity index (χ0) is 13.8. The summed E-state index contributed by atoms with van der Waals surface area (Å²) in [5.41, 5.74) is 5.83. The summed E-state index contributed by atoms with van der Waals surface area (Å²) in [6.07, 6.45) is 4.34. The lowest BCUT2D eigenvalue weighted by Crippen LogP contribution is -2.19. The van der Waals surface area contributed by atoms with Crippen LogP contribution >= 0.6 is 0 Å². The van der Waals surface area contributed by atoms with E-state index in [4.69, 9.17) is 10.5 Å². The van der Waals surface area contributed by atoms with Gasteiger partial charge in [0.25, 0.3) is 0 Å². The van der Waals surface area contributed by atoms with Crippen molar-refractivity contribution < 1.29 is 14.3 Å². The van der Waals surface area contributed by atoms with Crippen molar-refractivity contribution in [3.8, 4) is 5.75 Å². The number of carbonyl (C=O) groups is 2. The van der Waals surface area contributed by atoms with Crippen LogP contribution in [0.25, 0.3) is 0 Å². The number of anilines is 1. The van der Waals surface area contributed by atoms with Crippen LogP contribution in [0.5, 0.6) is 5.75 Å². The van der Waals surface area contributed by atoms with E-state index in [1.54, 1.807) is 6.07 Å². The van der Waals surface area contributed by atoms with E-state index < -0.39 is 11.9 Å². The summed E-state index contributed by atoms with van der Waals surface area (Å²) in [6.45, 7) is 0. The fourth-order valence-corrected chi connectivity index (χ4v) is 1.52. The first-order chi connectivity index (χ1) is 9.11. The van der Waals surface area contributed by atoms with Crippen molar-refractivity contribution in [3.05, 3.63) is 42.5 Å². The van der Waals surface area contributed by atoms with Gasteiger partial charge in [0.05, 0.1) is 12.8 Å². The number of nitrogens with zero attached hydrogens (tertiary/aromatic N) is 2. The Morgan fingerprint density at radius 2 is 2.21 bits per heavy atom. The van der Waals surface area contributed by atoms with E-state index in [1.807, 2.05) is 0 Å². The number of amides is 2. The van der Waals surface area contributed by atoms with Crippen molar-refractivity contribution in [3.63, 3.8) is 0 Å². The summed E-state index contributed by atoms with van der Waals surface area (Å²) in [6, 6.07) is 4.12. The molecule has 0 bridgehead atoms. The molecule has 2 amide bonds. The number of imidazole rings is 1. The predicted molar refractivity (Wildman–Crippen MR) is 68.2 cm³/mol. The van der Waals surface area contributed by atoms with E-state index in [9.17, 15) is 9.59 Å². The molecule has 0 spiro atoms. The van der Waals surface area contributed by atoms with E-state index in [1.165, 1.54) is 42.5 Å². The molecule has 7 nitrogen and oxygen atoms in total. The average Bonchev–Trinajstić information content (AvgIpc) is 2.92. The zero-order valence-corrected chi connectivity index (χ0v) is 10.2. The number of hydrogen-bond acceptors (Lipinski definition) is 4. The molecule has 7 heteroatoms. The topological polar surface area (TPSA) is 99.2 Å². The third kappa shape index (κ3) is 2.71. The molecule has 1 heterocycles. The maximum Gasteiger partial charge on any atom is 0.331 e. The van der Waals surface area contributed by atoms with E-state index in [2.05, 4.69) is 10.3 Å². The van der Waals surface area contributed by atoms with Gasteiger partial charge in [-0.2, -0.15) is 0 Å². The number of ether oxygens (including phenoxy) is 1. The van der Waals surface area contributed by atoms with Gasteiger partial charge in [0.15, 0.2) is 0 Å². The molecular formula is C12H12N4O3. The lowest BCUT2D eigenvalue weighted by molar-refractivity contribution is 0.1000. The Morgan fingerprint density at radius 3 is 2.79 bits per heavy atom. The summed E-state index contributed by atoms with van der Waals surface area (Å²) in [5.74, 6) is -0.153. The molecule has 1 aromatic carbocycles. The van der Waals surface area contributed by atoms with Crippen LogP contribution < -0.4 is 15.8 Å². The second kappa shape index (κ2) is 5.21. The first kappa shape index (κ1) is 12.6. The Labute approximate surface area is 109 Å². The Balaban J connectivity index is 2.30. The minimum absolute atomic E-state index is 0.279. The van der Waals surface area contributed by atoms with Crippen LogP contribution in [0.15, 0.2) is 36.9 Å². The number of carbonyl (C=O) groups excluding carboxylic acids is 2. The van der Waals surface area contributed by atoms with Gasteiger partial charge >= 0.3 is 6.03 Å². The summed E-state index contributed by atoms with van der Waals surface area (Å²) < 4.78 is 6.37. The molecule has 0 aliphatic heterocycles. The fourth-order valence-electron chi connectivity index (χ4n) is 1.52. The van der Waals surface area contributed by atoms with E-state index in [0.717, 1.165) is 0 Å². The number of methoxy groups -OCH3 is 1. The van der Waals surface area contributed by atoms with Crippen LogP contribution in [-0.2, 0) is 0 Å². The van der Waals surface area contributed by atoms with Gasteiger partial charge in [0.1, 0.15) is 12.1 Å². The van der Waals surface area contributed by atoms with Gasteiger partial charge in [-0.15, -0.1) is 0 Å². The molecule has 0 fully saturated rings. The third-order valence-electron chi connectivity index (χ3n) is 2.46. The highest BCUT2D eigenvalue weighted by atomic mass is 16.5. The smallest absolute Gasteiger partial charge is 0.331 e. The maximum atomic E-state index is 11.9. The lowest BCUT2D eigenvalue weighted by atomic mass is 10.2. The Bertz CT molecular complexity index is 607. The van der Waals surface area contributed by atoms with Gasteiger partial charge in [-0.25, -0.2) is 9.78 Å². The molecule has 0 aliphatic carbocycles. The van der Waals surface area contributed by atoms with Crippen LogP contribution in [-0.4, -0.2) is 28.6 Å². The van der Waals surface area contributed by atoms with Crippen LogP contribution in [0, 0.1) is 0 Å². The number of aromatic nitrogens is 2. The van der Waals surface area contributed by atoms with Crippen LogP contribution in [0.3, 0.4) is 0 Å². The normalized spacial score (nSPS) is 9.95. The van der Waals surface area contributed by atoms with Crippen molar-refractivity contribution in [1.29, 1.82) is 0 Å². The van der Waals surface area contributed by atoms with E-state index >= 15 is 0 Å². The molecule has 0 saturated carbocycles. The second-order valence-electron chi connectivity index (χ2n) is 3.68. The highest BCUT2D eigenvalue weighted by Gasteiger charge is 2.11. The molecule has 19 heavy (non-hydrogen) atoms. The van der Waals surface area contributed by atoms with Crippen molar-refractivity contribution in [1.82, 2.24) is 9.55 Å². The largest absolute Gasteiger partial charge is 0.495 e. The highest BCUT2D eigenvalue weighted by Crippen LogP contribution is 2.25. The Hall–Kier alpha value is -2.83. The first-order valence-electron chi connectivity index (χ1n) is 5.39. The quantitative estimate of drug-likeness (QED) is 0.862. The fraction of sp³-hybridized carbons (Fsp3) is 0.0833. The average molecular weight is 260 g/mol. The van der Waals surface area contributed by atoms with Gasteiger partial charge in [0, 0.05) is 18.0 Å². The number of nitrogens with one attached hydrogen (secondary N) is 1. The van der Waals surface area contributed by atoms with Crippen molar-refractivity contribution in [2.24, 2.45) is 5.73 Å². The van der Waals surface area contributed by atoms with Gasteiger partial charge < -0.3 is 15.8 Å². The molecule has 0 unspecified atom stereocenters. The van der Waals surface area contributed by atoms with Crippen molar-refractivity contribution >= 4 is 17.6 Å². The molecule has 3 N–H and O–H groups in total. The molecule has 2 rings (SSSR count). The summed E-state index contributed by atoms with van der Waals surface area (Å²) in [5, 5.41) is 2.61. The van der Waals surface area contributed by atoms with Crippen molar-refractivity contribution in [2.45, 2.75) is 0 Å². The first-order valence-corrected chi connectivity index (χ1v) is 5.39. The maximum absolute atomic E-state index is 11.9. The number of rotatable bonds is 3. The van der Waals surface area contributed by atoms with Gasteiger partial charge in [0.2, 0.25) is 5.91 Å². The number of hydrogen-bond donors (Lipinski definition) is 2. The molecule has 98 valence electrons. The highest BCUT2D eigenvalue weighted by molar-refractivity contribution is 5.97. The second-order valence-corrected chi connectivity index (χ2v) is 3.68. The summed E-state index contributed by atoms with van der Waals surface area (Å²) in [7, 11) is 1.46. The Morgan fingerprint density at radius 1 is 1.42 bits per heavy atom. The molecule has 1 aromatic heterocycles. The number of nitrogens with two attached hydrogens (primary N) is 1. The van der Waals surface area contributed by atoms with E-state index in [-0.39, 0.29) is 5.56 Å². The molecule has 0 atom stereocenters. The van der Waals surface area contributed by atoms with Crippen LogP contribution in [0.4, 0.5) is 10.5 Å². The number of primary amides is 1. The van der Waals surface area contributed by atoms with Gasteiger partial charge in [-0.3, -0.25) is 9.36 Å². The SMILES string of the molecule is COc1ccc(C(N)=O)cc1NC(=O)n1ccnc1. The minimum atomic E-state index is -0.583. The van der Waals surface area contributed by atoms with Gasteiger partial charge in [-0.05, 0) is 18.2 Å². The monoisotopic (exact) mass is 260 g/mol. The van der Waals surface area contributed by atoms with Crippen molar-refractivity contribution in [2.75, 3.05) is 12.4 Å². The molecular weight excluding hydrogens is 248 g/mol. The standard InChI is InChI=1S/C12H12N4O3/c1-19-10-3-2-8(11(13)17)6-9(10)15-12(18)16-5-4-14-7-16/h2-7H,1H3,(H2,13,17)(H,15,18). The van der Waals surface area contributed by atoms with Gasteiger partial charge in [-0.1, -0.05) is 0 Å².